The SMILES string of the molecule is [2H]c1c([2H])c([2H])c(C(=O)OCCCCC(C)(C)O)c(C(=O)OCCCCC(C)(C)O)c1[2H]. The van der Waals surface area contributed by atoms with E-state index >= 15 is 0 Å². The first-order chi connectivity index (χ1) is 14.7. The van der Waals surface area contributed by atoms with Gasteiger partial charge < -0.3 is 19.7 Å². The summed E-state index contributed by atoms with van der Waals surface area (Å²) in [6.45, 7) is 6.62. The average Bonchev–Trinajstić information content (AvgIpc) is 2.66. The number of rotatable bonds is 12. The van der Waals surface area contributed by atoms with Crippen molar-refractivity contribution < 1.29 is 34.8 Å². The fourth-order valence-electron chi connectivity index (χ4n) is 2.41. The molecule has 0 radical (unpaired) electrons. The molecule has 0 aliphatic heterocycles. The Balaban J connectivity index is 2.92. The van der Waals surface area contributed by atoms with Gasteiger partial charge in [0.25, 0.3) is 0 Å². The zero-order valence-corrected chi connectivity index (χ0v) is 17.2. The first kappa shape index (κ1) is 18.1. The Labute approximate surface area is 173 Å². The Kier molecular flexibility index (Phi) is 7.23. The highest BCUT2D eigenvalue weighted by Crippen LogP contribution is 2.15. The molecule has 1 aromatic carbocycles. The van der Waals surface area contributed by atoms with Crippen LogP contribution in [0.1, 0.15) is 92.4 Å². The molecule has 0 fully saturated rings. The first-order valence-corrected chi connectivity index (χ1v) is 9.55. The number of ether oxygens (including phenoxy) is 2. The maximum atomic E-state index is 12.6. The van der Waals surface area contributed by atoms with Crippen LogP contribution >= 0.6 is 0 Å². The number of carbonyl (C=O) groups is 2. The molecule has 2 N–H and O–H groups in total. The molecule has 0 saturated heterocycles. The third-order valence-electron chi connectivity index (χ3n) is 3.93. The molecule has 0 amide bonds. The lowest BCUT2D eigenvalue weighted by molar-refractivity contribution is 0.0419. The molecule has 1 rings (SSSR count). The molecule has 1 aromatic rings. The van der Waals surface area contributed by atoms with Crippen molar-refractivity contribution in [1.29, 1.82) is 0 Å². The third kappa shape index (κ3) is 10.4. The fourth-order valence-corrected chi connectivity index (χ4v) is 2.41. The summed E-state index contributed by atoms with van der Waals surface area (Å²) in [4.78, 5) is 25.2. The highest BCUT2D eigenvalue weighted by molar-refractivity contribution is 6.03. The molecule has 0 spiro atoms. The van der Waals surface area contributed by atoms with E-state index in [1.807, 2.05) is 0 Å². The lowest BCUT2D eigenvalue weighted by atomic mass is 10.0. The summed E-state index contributed by atoms with van der Waals surface area (Å²) < 4.78 is 42.0. The van der Waals surface area contributed by atoms with Crippen LogP contribution in [0, 0.1) is 0 Å². The van der Waals surface area contributed by atoms with Gasteiger partial charge in [0.2, 0.25) is 0 Å². The lowest BCUT2D eigenvalue weighted by Gasteiger charge is -2.16. The van der Waals surface area contributed by atoms with E-state index < -0.39 is 58.4 Å². The van der Waals surface area contributed by atoms with Crippen molar-refractivity contribution in [2.45, 2.75) is 77.4 Å². The predicted molar refractivity (Wildman–Crippen MR) is 107 cm³/mol. The molecule has 0 heterocycles. The minimum Gasteiger partial charge on any atom is -0.462 e. The Hall–Kier alpha value is -1.92. The number of carbonyl (C=O) groups excluding carboxylic acids is 2. The monoisotopic (exact) mass is 398 g/mol. The van der Waals surface area contributed by atoms with E-state index in [0.717, 1.165) is 0 Å². The Morgan fingerprint density at radius 1 is 0.821 bits per heavy atom. The van der Waals surface area contributed by atoms with Crippen LogP contribution in [0.25, 0.3) is 0 Å². The van der Waals surface area contributed by atoms with E-state index in [1.165, 1.54) is 0 Å². The van der Waals surface area contributed by atoms with Gasteiger partial charge in [-0.15, -0.1) is 0 Å². The molecule has 6 heteroatoms. The van der Waals surface area contributed by atoms with Crippen LogP contribution in [0.3, 0.4) is 0 Å². The minimum absolute atomic E-state index is 0.0247. The van der Waals surface area contributed by atoms with Gasteiger partial charge in [0.15, 0.2) is 0 Å². The number of hydrogen-bond acceptors (Lipinski definition) is 6. The maximum absolute atomic E-state index is 12.6. The van der Waals surface area contributed by atoms with E-state index in [9.17, 15) is 19.8 Å². The Bertz CT molecular complexity index is 745. The summed E-state index contributed by atoms with van der Waals surface area (Å²) in [5.74, 6) is -2.07. The third-order valence-corrected chi connectivity index (χ3v) is 3.93. The van der Waals surface area contributed by atoms with Crippen LogP contribution in [0.4, 0.5) is 0 Å². The molecule has 0 aliphatic carbocycles. The van der Waals surface area contributed by atoms with Crippen molar-refractivity contribution in [2.75, 3.05) is 13.2 Å². The summed E-state index contributed by atoms with van der Waals surface area (Å²) in [5.41, 5.74) is -2.79. The highest BCUT2D eigenvalue weighted by atomic mass is 16.5. The predicted octanol–water partition coefficient (Wildman–Crippen LogP) is 3.88. The molecule has 0 saturated carbocycles. The second-order valence-corrected chi connectivity index (χ2v) is 8.06. The summed E-state index contributed by atoms with van der Waals surface area (Å²) in [5, 5.41) is 19.4. The van der Waals surface area contributed by atoms with Crippen LogP contribution in [0.5, 0.6) is 0 Å². The van der Waals surface area contributed by atoms with Gasteiger partial charge in [-0.05, 0) is 78.3 Å². The molecule has 28 heavy (non-hydrogen) atoms. The Morgan fingerprint density at radius 2 is 1.18 bits per heavy atom. The van der Waals surface area contributed by atoms with Crippen molar-refractivity contribution in [3.8, 4) is 0 Å². The van der Waals surface area contributed by atoms with E-state index in [2.05, 4.69) is 0 Å². The van der Waals surface area contributed by atoms with Gasteiger partial charge >= 0.3 is 11.9 Å². The number of aliphatic hydroxyl groups is 2. The number of benzene rings is 1. The van der Waals surface area contributed by atoms with E-state index in [1.54, 1.807) is 27.7 Å². The summed E-state index contributed by atoms with van der Waals surface area (Å²) in [6.07, 6.45) is 3.07. The number of esters is 2. The standard InChI is InChI=1S/C22H34O6/c1-21(2,25)13-7-9-15-27-19(23)17-11-5-6-12-18(17)20(24)28-16-10-8-14-22(3,4)26/h5-6,11-12,25-26H,7-10,13-16H2,1-4H3/i5D,6D,11D,12D. The number of hydrogen-bond donors (Lipinski definition) is 2. The summed E-state index contributed by atoms with van der Waals surface area (Å²) in [7, 11) is 0. The van der Waals surface area contributed by atoms with Crippen LogP contribution in [-0.4, -0.2) is 46.6 Å². The van der Waals surface area contributed by atoms with E-state index in [4.69, 9.17) is 15.0 Å². The van der Waals surface area contributed by atoms with Gasteiger partial charge in [-0.25, -0.2) is 9.59 Å². The van der Waals surface area contributed by atoms with Crippen molar-refractivity contribution in [3.63, 3.8) is 0 Å². The number of unbranched alkanes of at least 4 members (excludes halogenated alkanes) is 2. The van der Waals surface area contributed by atoms with Crippen molar-refractivity contribution >= 4 is 11.9 Å². The van der Waals surface area contributed by atoms with Crippen molar-refractivity contribution in [2.24, 2.45) is 0 Å². The van der Waals surface area contributed by atoms with Crippen molar-refractivity contribution in [3.05, 3.63) is 35.3 Å². The van der Waals surface area contributed by atoms with Gasteiger partial charge in [-0.2, -0.15) is 0 Å². The highest BCUT2D eigenvalue weighted by Gasteiger charge is 2.19. The van der Waals surface area contributed by atoms with Gasteiger partial charge in [-0.3, -0.25) is 0 Å². The second kappa shape index (κ2) is 11.2. The smallest absolute Gasteiger partial charge is 0.339 e. The Morgan fingerprint density at radius 3 is 1.50 bits per heavy atom. The van der Waals surface area contributed by atoms with Gasteiger partial charge in [0.1, 0.15) is 0 Å². The van der Waals surface area contributed by atoms with E-state index in [0.29, 0.717) is 38.5 Å². The second-order valence-electron chi connectivity index (χ2n) is 8.06. The first-order valence-electron chi connectivity index (χ1n) is 11.5. The molecular weight excluding hydrogens is 360 g/mol. The molecule has 6 nitrogen and oxygen atoms in total. The largest absolute Gasteiger partial charge is 0.462 e. The van der Waals surface area contributed by atoms with Gasteiger partial charge in [0, 0.05) is 0 Å². The van der Waals surface area contributed by atoms with Crippen LogP contribution in [0.2, 0.25) is 0 Å². The molecule has 0 aromatic heterocycles. The summed E-state index contributed by atoms with van der Waals surface area (Å²) in [6, 6.07) is -2.63. The molecule has 0 aliphatic rings. The van der Waals surface area contributed by atoms with Gasteiger partial charge in [-0.1, -0.05) is 12.1 Å². The zero-order valence-electron chi connectivity index (χ0n) is 21.2. The van der Waals surface area contributed by atoms with Crippen LogP contribution in [0.15, 0.2) is 24.2 Å². The average molecular weight is 399 g/mol. The molecule has 0 unspecified atom stereocenters. The van der Waals surface area contributed by atoms with Gasteiger partial charge in [0.05, 0.1) is 41.0 Å². The summed E-state index contributed by atoms with van der Waals surface area (Å²) >= 11 is 0. The molecule has 158 valence electrons. The maximum Gasteiger partial charge on any atom is 0.339 e. The fraction of sp³-hybridized carbons (Fsp3) is 0.636. The molecule has 0 bridgehead atoms. The molecular formula is C22H34O6. The minimum atomic E-state index is -1.03. The topological polar surface area (TPSA) is 93.1 Å². The van der Waals surface area contributed by atoms with E-state index in [-0.39, 0.29) is 13.2 Å². The zero-order chi connectivity index (χ0) is 24.7. The normalized spacial score (nSPS) is 13.9. The quantitative estimate of drug-likeness (QED) is 0.410. The van der Waals surface area contributed by atoms with Crippen LogP contribution < -0.4 is 0 Å². The van der Waals surface area contributed by atoms with Crippen LogP contribution in [-0.2, 0) is 9.47 Å². The molecule has 0 atom stereocenters. The lowest BCUT2D eigenvalue weighted by Crippen LogP contribution is -2.19. The van der Waals surface area contributed by atoms with Crippen molar-refractivity contribution in [1.82, 2.24) is 0 Å².